The van der Waals surface area contributed by atoms with Crippen molar-refractivity contribution in [1.29, 1.82) is 0 Å². The van der Waals surface area contributed by atoms with Gasteiger partial charge in [-0.1, -0.05) is 0 Å². The second kappa shape index (κ2) is 7.96. The third-order valence-electron chi connectivity index (χ3n) is 4.10. The maximum atomic E-state index is 12.8. The number of amides is 1. The Balaban J connectivity index is 2.05. The lowest BCUT2D eigenvalue weighted by Gasteiger charge is -2.22. The summed E-state index contributed by atoms with van der Waals surface area (Å²) in [5, 5.41) is 0. The van der Waals surface area contributed by atoms with Gasteiger partial charge in [0.25, 0.3) is 0 Å². The standard InChI is InChI=1S/C16H25N3O4S/c1-17(2)16(20)13-18-9-4-10-19(12-11-18)24(21,22)15-7-5-14(23-3)6-8-15/h5-8H,4,9-13H2,1-3H3. The number of rotatable bonds is 5. The number of likely N-dealkylation sites (N-methyl/N-ethyl adjacent to an activating group) is 1. The van der Waals surface area contributed by atoms with Crippen LogP contribution < -0.4 is 4.74 Å². The monoisotopic (exact) mass is 355 g/mol. The summed E-state index contributed by atoms with van der Waals surface area (Å²) >= 11 is 0. The molecular weight excluding hydrogens is 330 g/mol. The van der Waals surface area contributed by atoms with Crippen molar-refractivity contribution in [2.45, 2.75) is 11.3 Å². The van der Waals surface area contributed by atoms with E-state index in [4.69, 9.17) is 4.74 Å². The summed E-state index contributed by atoms with van der Waals surface area (Å²) in [5.74, 6) is 0.652. The predicted octanol–water partition coefficient (Wildman–Crippen LogP) is 0.480. The lowest BCUT2D eigenvalue weighted by Crippen LogP contribution is -2.39. The van der Waals surface area contributed by atoms with Crippen LogP contribution in [0.4, 0.5) is 0 Å². The van der Waals surface area contributed by atoms with E-state index >= 15 is 0 Å². The summed E-state index contributed by atoms with van der Waals surface area (Å²) in [6, 6.07) is 6.41. The van der Waals surface area contributed by atoms with Crippen molar-refractivity contribution in [3.8, 4) is 5.75 Å². The summed E-state index contributed by atoms with van der Waals surface area (Å²) in [6.45, 7) is 2.43. The van der Waals surface area contributed by atoms with E-state index in [0.717, 1.165) is 0 Å². The molecule has 0 saturated carbocycles. The normalized spacial score (nSPS) is 17.3. The van der Waals surface area contributed by atoms with E-state index in [9.17, 15) is 13.2 Å². The highest BCUT2D eigenvalue weighted by Crippen LogP contribution is 2.20. The van der Waals surface area contributed by atoms with Gasteiger partial charge in [-0.05, 0) is 37.2 Å². The van der Waals surface area contributed by atoms with E-state index in [-0.39, 0.29) is 10.8 Å². The van der Waals surface area contributed by atoms with Gasteiger partial charge >= 0.3 is 0 Å². The van der Waals surface area contributed by atoms with E-state index < -0.39 is 10.0 Å². The fourth-order valence-electron chi connectivity index (χ4n) is 2.58. The SMILES string of the molecule is COc1ccc(S(=O)(=O)N2CCCN(CC(=O)N(C)C)CC2)cc1. The molecule has 24 heavy (non-hydrogen) atoms. The van der Waals surface area contributed by atoms with Crippen molar-refractivity contribution in [2.24, 2.45) is 0 Å². The van der Waals surface area contributed by atoms with Gasteiger partial charge in [-0.15, -0.1) is 0 Å². The molecule has 0 spiro atoms. The van der Waals surface area contributed by atoms with Crippen LogP contribution in [0.3, 0.4) is 0 Å². The van der Waals surface area contributed by atoms with Crippen molar-refractivity contribution in [2.75, 3.05) is 53.9 Å². The van der Waals surface area contributed by atoms with Crippen molar-refractivity contribution < 1.29 is 17.9 Å². The van der Waals surface area contributed by atoms with E-state index in [1.54, 1.807) is 50.4 Å². The molecule has 1 heterocycles. The minimum absolute atomic E-state index is 0.0291. The van der Waals surface area contributed by atoms with Gasteiger partial charge in [0.2, 0.25) is 15.9 Å². The maximum absolute atomic E-state index is 12.8. The zero-order valence-corrected chi connectivity index (χ0v) is 15.3. The maximum Gasteiger partial charge on any atom is 0.243 e. The Morgan fingerprint density at radius 1 is 1.12 bits per heavy atom. The smallest absolute Gasteiger partial charge is 0.243 e. The van der Waals surface area contributed by atoms with Gasteiger partial charge < -0.3 is 9.64 Å². The van der Waals surface area contributed by atoms with Crippen LogP contribution in [-0.2, 0) is 14.8 Å². The largest absolute Gasteiger partial charge is 0.497 e. The molecule has 1 aliphatic heterocycles. The molecule has 1 saturated heterocycles. The first-order valence-electron chi connectivity index (χ1n) is 7.91. The highest BCUT2D eigenvalue weighted by Gasteiger charge is 2.27. The highest BCUT2D eigenvalue weighted by atomic mass is 32.2. The minimum Gasteiger partial charge on any atom is -0.497 e. The van der Waals surface area contributed by atoms with Crippen molar-refractivity contribution in [3.05, 3.63) is 24.3 Å². The quantitative estimate of drug-likeness (QED) is 0.768. The third-order valence-corrected chi connectivity index (χ3v) is 6.02. The van der Waals surface area contributed by atoms with Crippen LogP contribution in [0.1, 0.15) is 6.42 Å². The molecule has 1 aromatic rings. The Hall–Kier alpha value is -1.64. The average Bonchev–Trinajstić information content (AvgIpc) is 2.81. The summed E-state index contributed by atoms with van der Waals surface area (Å²) in [4.78, 5) is 15.6. The van der Waals surface area contributed by atoms with E-state index in [1.165, 1.54) is 4.31 Å². The van der Waals surface area contributed by atoms with Crippen molar-refractivity contribution in [1.82, 2.24) is 14.1 Å². The molecule has 8 heteroatoms. The van der Waals surface area contributed by atoms with E-state index in [1.807, 2.05) is 4.90 Å². The molecule has 0 aliphatic carbocycles. The predicted molar refractivity (Wildman–Crippen MR) is 91.5 cm³/mol. The van der Waals surface area contributed by atoms with Crippen molar-refractivity contribution in [3.63, 3.8) is 0 Å². The number of hydrogen-bond donors (Lipinski definition) is 0. The molecule has 7 nitrogen and oxygen atoms in total. The molecule has 0 bridgehead atoms. The Labute approximate surface area is 143 Å². The molecule has 0 N–H and O–H groups in total. The first kappa shape index (κ1) is 18.7. The summed E-state index contributed by atoms with van der Waals surface area (Å²) < 4.78 is 32.1. The molecule has 0 aromatic heterocycles. The van der Waals surface area contributed by atoms with Crippen LogP contribution in [-0.4, -0.2) is 82.4 Å². The molecule has 0 atom stereocenters. The Morgan fingerprint density at radius 3 is 2.38 bits per heavy atom. The zero-order chi connectivity index (χ0) is 17.7. The number of benzene rings is 1. The lowest BCUT2D eigenvalue weighted by atomic mass is 10.3. The molecule has 2 rings (SSSR count). The molecule has 1 amide bonds. The number of ether oxygens (including phenoxy) is 1. The van der Waals surface area contributed by atoms with Crippen LogP contribution in [0.25, 0.3) is 0 Å². The molecule has 1 aromatic carbocycles. The number of sulfonamides is 1. The fourth-order valence-corrected chi connectivity index (χ4v) is 4.04. The van der Waals surface area contributed by atoms with Gasteiger partial charge in [-0.3, -0.25) is 9.69 Å². The summed E-state index contributed by atoms with van der Waals surface area (Å²) in [6.07, 6.45) is 0.704. The number of carbonyl (C=O) groups excluding carboxylic acids is 1. The number of hydrogen-bond acceptors (Lipinski definition) is 5. The average molecular weight is 355 g/mol. The van der Waals surface area contributed by atoms with Gasteiger partial charge in [0.1, 0.15) is 5.75 Å². The number of carbonyl (C=O) groups is 1. The number of methoxy groups -OCH3 is 1. The second-order valence-electron chi connectivity index (χ2n) is 6.00. The fraction of sp³-hybridized carbons (Fsp3) is 0.562. The minimum atomic E-state index is -3.52. The summed E-state index contributed by atoms with van der Waals surface area (Å²) in [7, 11) is 1.47. The Morgan fingerprint density at radius 2 is 1.79 bits per heavy atom. The van der Waals surface area contributed by atoms with Crippen LogP contribution in [0.2, 0.25) is 0 Å². The first-order valence-corrected chi connectivity index (χ1v) is 9.35. The highest BCUT2D eigenvalue weighted by molar-refractivity contribution is 7.89. The van der Waals surface area contributed by atoms with Gasteiger partial charge in [-0.25, -0.2) is 8.42 Å². The molecule has 1 aliphatic rings. The molecular formula is C16H25N3O4S. The van der Waals surface area contributed by atoms with Gasteiger partial charge in [0, 0.05) is 33.7 Å². The summed E-state index contributed by atoms with van der Waals surface area (Å²) in [5.41, 5.74) is 0. The van der Waals surface area contributed by atoms with Gasteiger partial charge in [0.05, 0.1) is 18.6 Å². The topological polar surface area (TPSA) is 70.2 Å². The van der Waals surface area contributed by atoms with Crippen molar-refractivity contribution >= 4 is 15.9 Å². The zero-order valence-electron chi connectivity index (χ0n) is 14.4. The molecule has 0 unspecified atom stereocenters. The van der Waals surface area contributed by atoms with Gasteiger partial charge in [0.15, 0.2) is 0 Å². The van der Waals surface area contributed by atoms with Crippen LogP contribution in [0, 0.1) is 0 Å². The molecule has 134 valence electrons. The van der Waals surface area contributed by atoms with Crippen LogP contribution in [0.15, 0.2) is 29.2 Å². The van der Waals surface area contributed by atoms with Gasteiger partial charge in [-0.2, -0.15) is 4.31 Å². The lowest BCUT2D eigenvalue weighted by molar-refractivity contribution is -0.129. The number of nitrogens with zero attached hydrogens (tertiary/aromatic N) is 3. The van der Waals surface area contributed by atoms with E-state index in [0.29, 0.717) is 44.9 Å². The molecule has 1 fully saturated rings. The van der Waals surface area contributed by atoms with Crippen LogP contribution >= 0.6 is 0 Å². The third kappa shape index (κ3) is 4.46. The first-order chi connectivity index (χ1) is 11.3. The van der Waals surface area contributed by atoms with Crippen LogP contribution in [0.5, 0.6) is 5.75 Å². The second-order valence-corrected chi connectivity index (χ2v) is 7.94. The Bertz CT molecular complexity index is 658. The molecule has 0 radical (unpaired) electrons. The van der Waals surface area contributed by atoms with E-state index in [2.05, 4.69) is 0 Å². The Kier molecular flexibility index (Phi) is 6.20.